The van der Waals surface area contributed by atoms with Crippen molar-refractivity contribution in [2.75, 3.05) is 5.32 Å². The lowest BCUT2D eigenvalue weighted by molar-refractivity contribution is -0.116. The van der Waals surface area contributed by atoms with Gasteiger partial charge in [0.15, 0.2) is 5.82 Å². The van der Waals surface area contributed by atoms with E-state index in [0.717, 1.165) is 11.3 Å². The molecular formula is C17H16Cl2FN5O. The quantitative estimate of drug-likeness (QED) is 0.687. The number of anilines is 1. The highest BCUT2D eigenvalue weighted by molar-refractivity contribution is 6.31. The first-order valence-electron chi connectivity index (χ1n) is 7.87. The van der Waals surface area contributed by atoms with Gasteiger partial charge in [-0.05, 0) is 24.6 Å². The fraction of sp³-hybridized carbons (Fsp3) is 0.235. The normalized spacial score (nSPS) is 10.9. The fourth-order valence-corrected chi connectivity index (χ4v) is 2.77. The van der Waals surface area contributed by atoms with Gasteiger partial charge < -0.3 is 5.32 Å². The van der Waals surface area contributed by atoms with Crippen LogP contribution in [-0.4, -0.2) is 25.5 Å². The molecule has 0 aliphatic carbocycles. The summed E-state index contributed by atoms with van der Waals surface area (Å²) in [6.45, 7) is 2.64. The number of halogens is 3. The van der Waals surface area contributed by atoms with Crippen molar-refractivity contribution >= 4 is 34.9 Å². The molecule has 0 aliphatic heterocycles. The van der Waals surface area contributed by atoms with Crippen LogP contribution in [0.2, 0.25) is 10.0 Å². The van der Waals surface area contributed by atoms with E-state index in [9.17, 15) is 9.18 Å². The third-order valence-electron chi connectivity index (χ3n) is 3.85. The highest BCUT2D eigenvalue weighted by Crippen LogP contribution is 2.18. The molecule has 1 amide bonds. The minimum Gasteiger partial charge on any atom is -0.309 e. The Morgan fingerprint density at radius 3 is 2.77 bits per heavy atom. The zero-order chi connectivity index (χ0) is 18.7. The van der Waals surface area contributed by atoms with Crippen LogP contribution in [0.3, 0.4) is 0 Å². The van der Waals surface area contributed by atoms with E-state index in [0.29, 0.717) is 29.0 Å². The molecule has 9 heteroatoms. The highest BCUT2D eigenvalue weighted by atomic mass is 35.5. The van der Waals surface area contributed by atoms with Gasteiger partial charge in [-0.3, -0.25) is 14.2 Å². The van der Waals surface area contributed by atoms with Crippen molar-refractivity contribution < 1.29 is 9.18 Å². The van der Waals surface area contributed by atoms with Crippen molar-refractivity contribution in [3.8, 4) is 0 Å². The number of carbonyl (C=O) groups is 1. The monoisotopic (exact) mass is 395 g/mol. The maximum absolute atomic E-state index is 13.1. The molecule has 0 saturated heterocycles. The van der Waals surface area contributed by atoms with Crippen LogP contribution in [0, 0.1) is 12.7 Å². The SMILES string of the molecule is Cc1c(Cl)cnn1CCC(=O)Nc1ccn(Cc2ccc(F)cc2Cl)n1. The maximum atomic E-state index is 13.1. The first-order chi connectivity index (χ1) is 12.4. The zero-order valence-electron chi connectivity index (χ0n) is 13.9. The van der Waals surface area contributed by atoms with Gasteiger partial charge in [0, 0.05) is 23.7 Å². The number of nitrogens with one attached hydrogen (secondary N) is 1. The van der Waals surface area contributed by atoms with Gasteiger partial charge in [0.2, 0.25) is 5.91 Å². The van der Waals surface area contributed by atoms with Gasteiger partial charge in [0.25, 0.3) is 0 Å². The second-order valence-electron chi connectivity index (χ2n) is 5.73. The van der Waals surface area contributed by atoms with Gasteiger partial charge in [-0.1, -0.05) is 29.3 Å². The second kappa shape index (κ2) is 7.88. The van der Waals surface area contributed by atoms with Crippen LogP contribution in [0.25, 0.3) is 0 Å². The maximum Gasteiger partial charge on any atom is 0.227 e. The van der Waals surface area contributed by atoms with Crippen LogP contribution in [0.5, 0.6) is 0 Å². The summed E-state index contributed by atoms with van der Waals surface area (Å²) in [5, 5.41) is 12.0. The average Bonchev–Trinajstić information content (AvgIpc) is 3.16. The van der Waals surface area contributed by atoms with Gasteiger partial charge in [0.1, 0.15) is 5.82 Å². The molecular weight excluding hydrogens is 380 g/mol. The van der Waals surface area contributed by atoms with Crippen LogP contribution < -0.4 is 5.32 Å². The molecule has 0 radical (unpaired) electrons. The molecule has 1 aromatic carbocycles. The summed E-state index contributed by atoms with van der Waals surface area (Å²) in [6.07, 6.45) is 3.51. The molecule has 3 rings (SSSR count). The van der Waals surface area contributed by atoms with E-state index in [1.165, 1.54) is 12.1 Å². The average molecular weight is 396 g/mol. The molecule has 0 unspecified atom stereocenters. The topological polar surface area (TPSA) is 64.7 Å². The first-order valence-corrected chi connectivity index (χ1v) is 8.63. The van der Waals surface area contributed by atoms with Gasteiger partial charge >= 0.3 is 0 Å². The Morgan fingerprint density at radius 2 is 2.08 bits per heavy atom. The van der Waals surface area contributed by atoms with Crippen LogP contribution in [0.1, 0.15) is 17.7 Å². The van der Waals surface area contributed by atoms with E-state index in [2.05, 4.69) is 15.5 Å². The number of benzene rings is 1. The molecule has 0 aliphatic rings. The number of hydrogen-bond acceptors (Lipinski definition) is 3. The number of rotatable bonds is 6. The van der Waals surface area contributed by atoms with Crippen LogP contribution in [0.4, 0.5) is 10.2 Å². The fourth-order valence-electron chi connectivity index (χ4n) is 2.40. The lowest BCUT2D eigenvalue weighted by Crippen LogP contribution is -2.16. The standard InChI is InChI=1S/C17H16Cl2FN5O/c1-11-15(19)9-21-25(11)7-5-17(26)22-16-4-6-24(23-16)10-12-2-3-13(20)8-14(12)18/h2-4,6,8-9H,5,7,10H2,1H3,(H,22,23,26). The molecule has 2 heterocycles. The van der Waals surface area contributed by atoms with E-state index in [1.54, 1.807) is 33.9 Å². The summed E-state index contributed by atoms with van der Waals surface area (Å²) < 4.78 is 16.4. The van der Waals surface area contributed by atoms with Crippen LogP contribution in [0.15, 0.2) is 36.7 Å². The summed E-state index contributed by atoms with van der Waals surface area (Å²) in [4.78, 5) is 12.1. The number of amides is 1. The number of nitrogens with zero attached hydrogens (tertiary/aromatic N) is 4. The lowest BCUT2D eigenvalue weighted by atomic mass is 10.2. The Hall–Kier alpha value is -2.38. The number of hydrogen-bond donors (Lipinski definition) is 1. The Bertz CT molecular complexity index is 937. The summed E-state index contributed by atoms with van der Waals surface area (Å²) in [6, 6.07) is 5.89. The van der Waals surface area contributed by atoms with Gasteiger partial charge in [0.05, 0.1) is 30.0 Å². The van der Waals surface area contributed by atoms with Crippen molar-refractivity contribution in [1.29, 1.82) is 0 Å². The molecule has 0 fully saturated rings. The van der Waals surface area contributed by atoms with Gasteiger partial charge in [-0.25, -0.2) is 4.39 Å². The van der Waals surface area contributed by atoms with E-state index >= 15 is 0 Å². The third kappa shape index (κ3) is 4.42. The Balaban J connectivity index is 1.56. The van der Waals surface area contributed by atoms with E-state index in [-0.39, 0.29) is 18.1 Å². The van der Waals surface area contributed by atoms with Crippen molar-refractivity contribution in [1.82, 2.24) is 19.6 Å². The van der Waals surface area contributed by atoms with Crippen molar-refractivity contribution in [2.24, 2.45) is 0 Å². The molecule has 0 saturated carbocycles. The van der Waals surface area contributed by atoms with Crippen molar-refractivity contribution in [3.05, 3.63) is 63.8 Å². The Labute approximate surface area is 159 Å². The largest absolute Gasteiger partial charge is 0.309 e. The second-order valence-corrected chi connectivity index (χ2v) is 6.55. The summed E-state index contributed by atoms with van der Waals surface area (Å²) in [7, 11) is 0. The molecule has 26 heavy (non-hydrogen) atoms. The minimum atomic E-state index is -0.388. The summed E-state index contributed by atoms with van der Waals surface area (Å²) in [5.41, 5.74) is 1.56. The Morgan fingerprint density at radius 1 is 1.27 bits per heavy atom. The molecule has 0 bridgehead atoms. The summed E-state index contributed by atoms with van der Waals surface area (Å²) in [5.74, 6) is -0.134. The number of aromatic nitrogens is 4. The molecule has 136 valence electrons. The summed E-state index contributed by atoms with van der Waals surface area (Å²) >= 11 is 12.0. The van der Waals surface area contributed by atoms with Gasteiger partial charge in [-0.15, -0.1) is 0 Å². The minimum absolute atomic E-state index is 0.180. The third-order valence-corrected chi connectivity index (χ3v) is 4.57. The van der Waals surface area contributed by atoms with E-state index < -0.39 is 0 Å². The lowest BCUT2D eigenvalue weighted by Gasteiger charge is -2.06. The Kier molecular flexibility index (Phi) is 5.58. The highest BCUT2D eigenvalue weighted by Gasteiger charge is 2.09. The van der Waals surface area contributed by atoms with Crippen LogP contribution in [-0.2, 0) is 17.9 Å². The van der Waals surface area contributed by atoms with Crippen LogP contribution >= 0.6 is 23.2 Å². The molecule has 1 N–H and O–H groups in total. The number of aryl methyl sites for hydroxylation is 1. The molecule has 0 spiro atoms. The molecule has 6 nitrogen and oxygen atoms in total. The number of carbonyl (C=O) groups excluding carboxylic acids is 1. The van der Waals surface area contributed by atoms with E-state index in [1.807, 2.05) is 6.92 Å². The zero-order valence-corrected chi connectivity index (χ0v) is 15.4. The predicted octanol–water partition coefficient (Wildman–Crippen LogP) is 3.91. The van der Waals surface area contributed by atoms with E-state index in [4.69, 9.17) is 23.2 Å². The smallest absolute Gasteiger partial charge is 0.227 e. The van der Waals surface area contributed by atoms with Gasteiger partial charge in [-0.2, -0.15) is 10.2 Å². The molecule has 3 aromatic rings. The van der Waals surface area contributed by atoms with Crippen molar-refractivity contribution in [3.63, 3.8) is 0 Å². The van der Waals surface area contributed by atoms with Crippen molar-refractivity contribution in [2.45, 2.75) is 26.4 Å². The predicted molar refractivity (Wildman–Crippen MR) is 98.0 cm³/mol. The molecule has 0 atom stereocenters. The first kappa shape index (κ1) is 18.4. The molecule has 2 aromatic heterocycles.